The van der Waals surface area contributed by atoms with Crippen molar-refractivity contribution in [2.75, 3.05) is 20.2 Å². The van der Waals surface area contributed by atoms with Gasteiger partial charge in [-0.05, 0) is 59.0 Å². The number of carbonyl (C=O) groups is 1. The molecule has 1 amide bonds. The lowest BCUT2D eigenvalue weighted by Gasteiger charge is -2.27. The third-order valence-corrected chi connectivity index (χ3v) is 6.53. The van der Waals surface area contributed by atoms with Gasteiger partial charge in [-0.1, -0.05) is 42.5 Å². The molecule has 2 saturated heterocycles. The van der Waals surface area contributed by atoms with Gasteiger partial charge in [0.05, 0.1) is 7.11 Å². The average molecular weight is 428 g/mol. The van der Waals surface area contributed by atoms with Crippen LogP contribution in [-0.4, -0.2) is 43.1 Å². The number of hydrogen-bond donors (Lipinski definition) is 2. The molecule has 0 spiro atoms. The van der Waals surface area contributed by atoms with Gasteiger partial charge >= 0.3 is 0 Å². The minimum Gasteiger partial charge on any atom is -0.497 e. The molecule has 0 radical (unpaired) electrons. The first-order valence-electron chi connectivity index (χ1n) is 11.3. The van der Waals surface area contributed by atoms with Crippen LogP contribution < -0.4 is 15.4 Å². The highest BCUT2D eigenvalue weighted by atomic mass is 16.5. The van der Waals surface area contributed by atoms with Crippen LogP contribution in [0.3, 0.4) is 0 Å². The monoisotopic (exact) mass is 427 g/mol. The molecule has 2 fully saturated rings. The zero-order chi connectivity index (χ0) is 21.9. The van der Waals surface area contributed by atoms with Crippen LogP contribution >= 0.6 is 0 Å². The van der Waals surface area contributed by atoms with Crippen LogP contribution in [0.25, 0.3) is 11.1 Å². The Morgan fingerprint density at radius 1 is 1.03 bits per heavy atom. The van der Waals surface area contributed by atoms with Crippen LogP contribution in [-0.2, 0) is 13.1 Å². The highest BCUT2D eigenvalue weighted by Crippen LogP contribution is 2.27. The highest BCUT2D eigenvalue weighted by Gasteiger charge is 2.37. The largest absolute Gasteiger partial charge is 0.497 e. The number of rotatable bonds is 7. The summed E-state index contributed by atoms with van der Waals surface area (Å²) in [4.78, 5) is 15.1. The van der Waals surface area contributed by atoms with Gasteiger partial charge in [-0.15, -0.1) is 0 Å². The third-order valence-electron chi connectivity index (χ3n) is 6.53. The Kier molecular flexibility index (Phi) is 5.93. The lowest BCUT2D eigenvalue weighted by Crippen LogP contribution is -2.42. The van der Waals surface area contributed by atoms with Crippen molar-refractivity contribution in [1.29, 1.82) is 0 Å². The summed E-state index contributed by atoms with van der Waals surface area (Å²) in [5.74, 6) is 0.572. The van der Waals surface area contributed by atoms with E-state index in [0.29, 0.717) is 29.9 Å². The van der Waals surface area contributed by atoms with Gasteiger partial charge in [0.2, 0.25) is 0 Å². The number of amides is 1. The van der Waals surface area contributed by atoms with E-state index >= 15 is 0 Å². The van der Waals surface area contributed by atoms with Gasteiger partial charge < -0.3 is 15.4 Å². The standard InChI is InChI=1S/C27H29N3O2/c1-32-26-10-4-9-23(13-26)27(31)29-15-19-5-2-7-21(11-19)22-8-3-6-20(12-22)17-30-18-24-14-25(30)16-28-24/h2-13,24-25,28H,14-18H2,1H3,(H,29,31)/t24-,25+/m0/s1. The second-order valence-electron chi connectivity index (χ2n) is 8.74. The predicted octanol–water partition coefficient (Wildman–Crippen LogP) is 3.84. The van der Waals surface area contributed by atoms with Gasteiger partial charge in [0.15, 0.2) is 0 Å². The molecule has 0 aromatic heterocycles. The summed E-state index contributed by atoms with van der Waals surface area (Å²) in [6, 6.07) is 25.8. The summed E-state index contributed by atoms with van der Waals surface area (Å²) in [5, 5.41) is 6.59. The van der Waals surface area contributed by atoms with E-state index in [4.69, 9.17) is 4.74 Å². The number of carbonyl (C=O) groups excluding carboxylic acids is 1. The van der Waals surface area contributed by atoms with Crippen molar-refractivity contribution >= 4 is 5.91 Å². The number of nitrogens with zero attached hydrogens (tertiary/aromatic N) is 1. The van der Waals surface area contributed by atoms with E-state index in [1.54, 1.807) is 19.2 Å². The van der Waals surface area contributed by atoms with Gasteiger partial charge in [0.25, 0.3) is 5.91 Å². The quantitative estimate of drug-likeness (QED) is 0.602. The molecule has 32 heavy (non-hydrogen) atoms. The van der Waals surface area contributed by atoms with Gasteiger partial charge in [0.1, 0.15) is 5.75 Å². The lowest BCUT2D eigenvalue weighted by atomic mass is 10.0. The van der Waals surface area contributed by atoms with Crippen molar-refractivity contribution in [3.05, 3.63) is 89.5 Å². The van der Waals surface area contributed by atoms with Crippen molar-refractivity contribution in [1.82, 2.24) is 15.5 Å². The Labute approximate surface area is 189 Å². The number of benzene rings is 3. The number of hydrogen-bond acceptors (Lipinski definition) is 4. The average Bonchev–Trinajstić information content (AvgIpc) is 3.46. The summed E-state index contributed by atoms with van der Waals surface area (Å²) in [6.45, 7) is 3.76. The Morgan fingerprint density at radius 3 is 2.50 bits per heavy atom. The maximum Gasteiger partial charge on any atom is 0.251 e. The molecule has 5 rings (SSSR count). The molecule has 3 aromatic carbocycles. The molecular weight excluding hydrogens is 398 g/mol. The van der Waals surface area contributed by atoms with Crippen molar-refractivity contribution in [2.24, 2.45) is 0 Å². The van der Waals surface area contributed by atoms with Gasteiger partial charge in [-0.2, -0.15) is 0 Å². The molecule has 2 atom stereocenters. The zero-order valence-corrected chi connectivity index (χ0v) is 18.4. The number of methoxy groups -OCH3 is 1. The molecule has 0 saturated carbocycles. The van der Waals surface area contributed by atoms with Gasteiger partial charge in [-0.3, -0.25) is 9.69 Å². The second-order valence-corrected chi connectivity index (χ2v) is 8.74. The molecule has 2 aliphatic heterocycles. The molecule has 2 bridgehead atoms. The Balaban J connectivity index is 1.25. The van der Waals surface area contributed by atoms with Crippen LogP contribution in [0.1, 0.15) is 27.9 Å². The van der Waals surface area contributed by atoms with E-state index in [9.17, 15) is 4.79 Å². The number of likely N-dealkylation sites (tertiary alicyclic amines) is 1. The summed E-state index contributed by atoms with van der Waals surface area (Å²) in [7, 11) is 1.60. The van der Waals surface area contributed by atoms with Gasteiger partial charge in [0, 0.05) is 43.8 Å². The number of nitrogens with one attached hydrogen (secondary N) is 2. The fourth-order valence-electron chi connectivity index (χ4n) is 4.83. The fourth-order valence-corrected chi connectivity index (χ4v) is 4.83. The highest BCUT2D eigenvalue weighted by molar-refractivity contribution is 5.94. The topological polar surface area (TPSA) is 53.6 Å². The molecule has 2 N–H and O–H groups in total. The van der Waals surface area contributed by atoms with Crippen molar-refractivity contribution in [3.8, 4) is 16.9 Å². The Bertz CT molecular complexity index is 1110. The minimum atomic E-state index is -0.106. The first-order chi connectivity index (χ1) is 15.7. The molecule has 0 unspecified atom stereocenters. The fraction of sp³-hybridized carbons (Fsp3) is 0.296. The molecule has 2 aliphatic rings. The normalized spacial score (nSPS) is 19.8. The van der Waals surface area contributed by atoms with Crippen LogP contribution in [0, 0.1) is 0 Å². The van der Waals surface area contributed by atoms with E-state index in [0.717, 1.165) is 25.2 Å². The first-order valence-corrected chi connectivity index (χ1v) is 11.3. The second kappa shape index (κ2) is 9.15. The van der Waals surface area contributed by atoms with E-state index in [2.05, 4.69) is 58.0 Å². The van der Waals surface area contributed by atoms with Crippen molar-refractivity contribution in [2.45, 2.75) is 31.6 Å². The number of piperazine rings is 1. The SMILES string of the molecule is COc1cccc(C(=O)NCc2cccc(-c3cccc(CN4C[C@@H]5C[C@@H]4CN5)c3)c2)c1. The molecular formula is C27H29N3O2. The molecule has 164 valence electrons. The minimum absolute atomic E-state index is 0.106. The number of ether oxygens (including phenoxy) is 1. The lowest BCUT2D eigenvalue weighted by molar-refractivity contribution is 0.0950. The van der Waals surface area contributed by atoms with E-state index in [-0.39, 0.29) is 5.91 Å². The zero-order valence-electron chi connectivity index (χ0n) is 18.4. The summed E-state index contributed by atoms with van der Waals surface area (Å²) in [6.07, 6.45) is 1.28. The molecule has 5 heteroatoms. The van der Waals surface area contributed by atoms with E-state index < -0.39 is 0 Å². The van der Waals surface area contributed by atoms with Crippen LogP contribution in [0.4, 0.5) is 0 Å². The van der Waals surface area contributed by atoms with Crippen molar-refractivity contribution < 1.29 is 9.53 Å². The Morgan fingerprint density at radius 2 is 1.78 bits per heavy atom. The summed E-state index contributed by atoms with van der Waals surface area (Å²) < 4.78 is 5.21. The van der Waals surface area contributed by atoms with Crippen LogP contribution in [0.15, 0.2) is 72.8 Å². The Hall–Kier alpha value is -3.15. The summed E-state index contributed by atoms with van der Waals surface area (Å²) in [5.41, 5.74) is 5.41. The van der Waals surface area contributed by atoms with E-state index in [1.807, 2.05) is 18.2 Å². The summed E-state index contributed by atoms with van der Waals surface area (Å²) >= 11 is 0. The van der Waals surface area contributed by atoms with Crippen molar-refractivity contribution in [3.63, 3.8) is 0 Å². The van der Waals surface area contributed by atoms with E-state index in [1.165, 1.54) is 23.1 Å². The number of fused-ring (bicyclic) bond motifs is 2. The molecule has 3 aromatic rings. The smallest absolute Gasteiger partial charge is 0.251 e. The van der Waals surface area contributed by atoms with Crippen LogP contribution in [0.5, 0.6) is 5.75 Å². The van der Waals surface area contributed by atoms with Gasteiger partial charge in [-0.25, -0.2) is 0 Å². The maximum atomic E-state index is 12.5. The molecule has 0 aliphatic carbocycles. The molecule has 2 heterocycles. The third kappa shape index (κ3) is 4.54. The molecule has 5 nitrogen and oxygen atoms in total. The first kappa shape index (κ1) is 20.7. The maximum absolute atomic E-state index is 12.5. The predicted molar refractivity (Wildman–Crippen MR) is 127 cm³/mol. The van der Waals surface area contributed by atoms with Crippen LogP contribution in [0.2, 0.25) is 0 Å².